The molecule has 0 aliphatic rings. The van der Waals surface area contributed by atoms with E-state index >= 15 is 0 Å². The van der Waals surface area contributed by atoms with Crippen molar-refractivity contribution in [2.75, 3.05) is 12.3 Å². The summed E-state index contributed by atoms with van der Waals surface area (Å²) in [5.74, 6) is 0.331. The molecule has 2 aromatic carbocycles. The van der Waals surface area contributed by atoms with Crippen LogP contribution < -0.4 is 5.32 Å². The third-order valence-corrected chi connectivity index (χ3v) is 4.37. The Bertz CT molecular complexity index is 821. The molecule has 0 saturated heterocycles. The monoisotopic (exact) mass is 355 g/mol. The topological polar surface area (TPSA) is 92.9 Å². The van der Waals surface area contributed by atoms with Crippen molar-refractivity contribution in [2.45, 2.75) is 11.6 Å². The highest BCUT2D eigenvalue weighted by Gasteiger charge is 2.11. The Morgan fingerprint density at radius 1 is 1.12 bits per heavy atom. The lowest BCUT2D eigenvalue weighted by atomic mass is 10.1. The van der Waals surface area contributed by atoms with E-state index in [0.717, 1.165) is 12.1 Å². The van der Waals surface area contributed by atoms with Crippen LogP contribution >= 0.6 is 11.8 Å². The van der Waals surface area contributed by atoms with Crippen molar-refractivity contribution in [3.05, 3.63) is 60.2 Å². The average Bonchev–Trinajstić information content (AvgIpc) is 3.10. The number of carbonyl (C=O) groups excluding carboxylic acids is 1. The molecular formula is C17H17N5O2S. The van der Waals surface area contributed by atoms with Crippen molar-refractivity contribution in [2.24, 2.45) is 0 Å². The third kappa shape index (κ3) is 4.80. The second-order valence-corrected chi connectivity index (χ2v) is 6.21. The normalized spacial score (nSPS) is 10.6. The molecule has 1 heterocycles. The number of phenolic OH excluding ortho intramolecular Hbond substituents is 1. The molecule has 3 rings (SSSR count). The smallest absolute Gasteiger partial charge is 0.230 e. The number of benzene rings is 2. The molecule has 8 heteroatoms. The molecule has 128 valence electrons. The fourth-order valence-corrected chi connectivity index (χ4v) is 2.92. The highest BCUT2D eigenvalue weighted by molar-refractivity contribution is 7.99. The van der Waals surface area contributed by atoms with Crippen molar-refractivity contribution < 1.29 is 9.90 Å². The number of carbonyl (C=O) groups is 1. The number of nitrogens with zero attached hydrogens (tertiary/aromatic N) is 4. The summed E-state index contributed by atoms with van der Waals surface area (Å²) >= 11 is 1.26. The van der Waals surface area contributed by atoms with Gasteiger partial charge in [-0.05, 0) is 46.7 Å². The van der Waals surface area contributed by atoms with Crippen LogP contribution in [0.3, 0.4) is 0 Å². The second-order valence-electron chi connectivity index (χ2n) is 5.26. The predicted octanol–water partition coefficient (Wildman–Crippen LogP) is 1.82. The first-order valence-electron chi connectivity index (χ1n) is 7.73. The number of phenols is 1. The maximum absolute atomic E-state index is 12.0. The summed E-state index contributed by atoms with van der Waals surface area (Å²) in [6, 6.07) is 16.5. The van der Waals surface area contributed by atoms with Gasteiger partial charge in [0.1, 0.15) is 5.75 Å². The number of tetrazole rings is 1. The SMILES string of the molecule is O=C(CSc1nnnn1-c1ccc(O)cc1)NCCc1ccccc1. The van der Waals surface area contributed by atoms with E-state index in [2.05, 4.69) is 20.8 Å². The number of hydrogen-bond acceptors (Lipinski definition) is 6. The van der Waals surface area contributed by atoms with Crippen LogP contribution in [0, 0.1) is 0 Å². The molecular weight excluding hydrogens is 338 g/mol. The summed E-state index contributed by atoms with van der Waals surface area (Å²) in [7, 11) is 0. The molecule has 25 heavy (non-hydrogen) atoms. The zero-order chi connectivity index (χ0) is 17.5. The van der Waals surface area contributed by atoms with Crippen LogP contribution in [0.15, 0.2) is 59.8 Å². The highest BCUT2D eigenvalue weighted by Crippen LogP contribution is 2.19. The van der Waals surface area contributed by atoms with Crippen LogP contribution in [0.4, 0.5) is 0 Å². The van der Waals surface area contributed by atoms with Crippen molar-refractivity contribution in [1.82, 2.24) is 25.5 Å². The molecule has 7 nitrogen and oxygen atoms in total. The Kier molecular flexibility index (Phi) is 5.63. The van der Waals surface area contributed by atoms with Gasteiger partial charge in [0.05, 0.1) is 11.4 Å². The molecule has 0 aliphatic heterocycles. The van der Waals surface area contributed by atoms with Gasteiger partial charge < -0.3 is 10.4 Å². The number of aromatic nitrogens is 4. The summed E-state index contributed by atoms with van der Waals surface area (Å²) in [5.41, 5.74) is 1.90. The Balaban J connectivity index is 1.49. The van der Waals surface area contributed by atoms with Gasteiger partial charge in [-0.25, -0.2) is 0 Å². The molecule has 0 unspecified atom stereocenters. The molecule has 1 aromatic heterocycles. The number of hydrogen-bond donors (Lipinski definition) is 2. The first kappa shape index (κ1) is 17.0. The Hall–Kier alpha value is -2.87. The van der Waals surface area contributed by atoms with E-state index in [-0.39, 0.29) is 17.4 Å². The van der Waals surface area contributed by atoms with E-state index in [4.69, 9.17) is 0 Å². The van der Waals surface area contributed by atoms with E-state index < -0.39 is 0 Å². The van der Waals surface area contributed by atoms with Gasteiger partial charge in [-0.1, -0.05) is 42.1 Å². The summed E-state index contributed by atoms with van der Waals surface area (Å²) in [4.78, 5) is 12.0. The lowest BCUT2D eigenvalue weighted by molar-refractivity contribution is -0.118. The van der Waals surface area contributed by atoms with Crippen molar-refractivity contribution in [3.8, 4) is 11.4 Å². The number of aromatic hydroxyl groups is 1. The van der Waals surface area contributed by atoms with Gasteiger partial charge in [0.15, 0.2) is 0 Å². The summed E-state index contributed by atoms with van der Waals surface area (Å²) < 4.78 is 1.53. The summed E-state index contributed by atoms with van der Waals surface area (Å²) in [5, 5.41) is 24.3. The van der Waals surface area contributed by atoms with Gasteiger partial charge in [0, 0.05) is 6.54 Å². The van der Waals surface area contributed by atoms with Gasteiger partial charge in [0.2, 0.25) is 11.1 Å². The number of thioether (sulfide) groups is 1. The Morgan fingerprint density at radius 3 is 2.64 bits per heavy atom. The fraction of sp³-hybridized carbons (Fsp3) is 0.176. The molecule has 1 amide bonds. The average molecular weight is 355 g/mol. The van der Waals surface area contributed by atoms with E-state index in [0.29, 0.717) is 11.7 Å². The van der Waals surface area contributed by atoms with E-state index in [1.807, 2.05) is 30.3 Å². The van der Waals surface area contributed by atoms with Crippen LogP contribution in [0.2, 0.25) is 0 Å². The molecule has 0 radical (unpaired) electrons. The maximum atomic E-state index is 12.0. The molecule has 0 bridgehead atoms. The van der Waals surface area contributed by atoms with Crippen LogP contribution in [0.1, 0.15) is 5.56 Å². The molecule has 0 saturated carbocycles. The van der Waals surface area contributed by atoms with Crippen LogP contribution in [0.25, 0.3) is 5.69 Å². The molecule has 0 aliphatic carbocycles. The van der Waals surface area contributed by atoms with Crippen molar-refractivity contribution in [3.63, 3.8) is 0 Å². The Labute approximate surface area is 149 Å². The minimum absolute atomic E-state index is 0.0683. The largest absolute Gasteiger partial charge is 0.508 e. The zero-order valence-electron chi connectivity index (χ0n) is 13.4. The van der Waals surface area contributed by atoms with Gasteiger partial charge in [-0.3, -0.25) is 4.79 Å². The van der Waals surface area contributed by atoms with Gasteiger partial charge in [0.25, 0.3) is 0 Å². The van der Waals surface area contributed by atoms with Gasteiger partial charge in [-0.15, -0.1) is 5.10 Å². The van der Waals surface area contributed by atoms with E-state index in [9.17, 15) is 9.90 Å². The first-order chi connectivity index (χ1) is 12.2. The van der Waals surface area contributed by atoms with Gasteiger partial charge in [-0.2, -0.15) is 4.68 Å². The number of amides is 1. The minimum atomic E-state index is -0.0683. The van der Waals surface area contributed by atoms with E-state index in [1.165, 1.54) is 22.0 Å². The lowest BCUT2D eigenvalue weighted by Crippen LogP contribution is -2.27. The van der Waals surface area contributed by atoms with Crippen LogP contribution in [0.5, 0.6) is 5.75 Å². The minimum Gasteiger partial charge on any atom is -0.508 e. The van der Waals surface area contributed by atoms with Gasteiger partial charge >= 0.3 is 0 Å². The first-order valence-corrected chi connectivity index (χ1v) is 8.72. The summed E-state index contributed by atoms with van der Waals surface area (Å²) in [6.45, 7) is 0.590. The lowest BCUT2D eigenvalue weighted by Gasteiger charge is -2.06. The standard InChI is InChI=1S/C17H17N5O2S/c23-15-8-6-14(7-9-15)22-17(19-20-21-22)25-12-16(24)18-11-10-13-4-2-1-3-5-13/h1-9,23H,10-12H2,(H,18,24). The molecule has 2 N–H and O–H groups in total. The van der Waals surface area contributed by atoms with Crippen molar-refractivity contribution in [1.29, 1.82) is 0 Å². The third-order valence-electron chi connectivity index (χ3n) is 3.45. The predicted molar refractivity (Wildman–Crippen MR) is 94.7 cm³/mol. The fourth-order valence-electron chi connectivity index (χ4n) is 2.20. The Morgan fingerprint density at radius 2 is 1.88 bits per heavy atom. The molecule has 3 aromatic rings. The zero-order valence-corrected chi connectivity index (χ0v) is 14.2. The highest BCUT2D eigenvalue weighted by atomic mass is 32.2. The van der Waals surface area contributed by atoms with Crippen molar-refractivity contribution >= 4 is 17.7 Å². The van der Waals surface area contributed by atoms with E-state index in [1.54, 1.807) is 24.3 Å². The second kappa shape index (κ2) is 8.29. The molecule has 0 fully saturated rings. The van der Waals surface area contributed by atoms with Crippen LogP contribution in [-0.2, 0) is 11.2 Å². The molecule has 0 atom stereocenters. The number of nitrogens with one attached hydrogen (secondary N) is 1. The quantitative estimate of drug-likeness (QED) is 0.628. The van der Waals surface area contributed by atoms with Crippen LogP contribution in [-0.4, -0.2) is 43.5 Å². The molecule has 0 spiro atoms. The maximum Gasteiger partial charge on any atom is 0.230 e. The summed E-state index contributed by atoms with van der Waals surface area (Å²) in [6.07, 6.45) is 0.794. The number of rotatable bonds is 7.